The Morgan fingerprint density at radius 3 is 2.47 bits per heavy atom. The highest BCUT2D eigenvalue weighted by Crippen LogP contribution is 2.39. The van der Waals surface area contributed by atoms with Gasteiger partial charge in [0.05, 0.1) is 12.2 Å². The molecule has 1 aliphatic heterocycles. The van der Waals surface area contributed by atoms with Crippen LogP contribution in [-0.4, -0.2) is 18.5 Å². The summed E-state index contributed by atoms with van der Waals surface area (Å²) in [5, 5.41) is 0. The average Bonchev–Trinajstić information content (AvgIpc) is 2.16. The summed E-state index contributed by atoms with van der Waals surface area (Å²) in [6.45, 7) is 8.89. The van der Waals surface area contributed by atoms with Crippen molar-refractivity contribution >= 4 is 0 Å². The summed E-state index contributed by atoms with van der Waals surface area (Å²) >= 11 is 0. The molecule has 1 saturated carbocycles. The van der Waals surface area contributed by atoms with Crippen LogP contribution >= 0.6 is 0 Å². The molecule has 88 valence electrons. The highest BCUT2D eigenvalue weighted by atomic mass is 16.7. The van der Waals surface area contributed by atoms with Gasteiger partial charge in [-0.3, -0.25) is 0 Å². The fourth-order valence-corrected chi connectivity index (χ4v) is 2.88. The molecule has 0 aromatic rings. The Morgan fingerprint density at radius 1 is 1.07 bits per heavy atom. The highest BCUT2D eigenvalue weighted by molar-refractivity contribution is 4.86. The molecule has 0 aromatic carbocycles. The van der Waals surface area contributed by atoms with Crippen LogP contribution in [0, 0.1) is 17.8 Å². The van der Waals surface area contributed by atoms with Crippen LogP contribution in [0.25, 0.3) is 0 Å². The third-order valence-corrected chi connectivity index (χ3v) is 3.91. The summed E-state index contributed by atoms with van der Waals surface area (Å²) in [7, 11) is 0. The van der Waals surface area contributed by atoms with E-state index in [9.17, 15) is 0 Å². The van der Waals surface area contributed by atoms with Crippen molar-refractivity contribution in [1.29, 1.82) is 0 Å². The lowest BCUT2D eigenvalue weighted by Gasteiger charge is -2.46. The van der Waals surface area contributed by atoms with Crippen molar-refractivity contribution in [2.75, 3.05) is 0 Å². The summed E-state index contributed by atoms with van der Waals surface area (Å²) in [6.07, 6.45) is 4.68. The smallest absolute Gasteiger partial charge is 0.160 e. The van der Waals surface area contributed by atoms with Crippen LogP contribution in [-0.2, 0) is 9.47 Å². The molecule has 0 radical (unpaired) electrons. The van der Waals surface area contributed by atoms with Gasteiger partial charge < -0.3 is 9.47 Å². The molecule has 2 rings (SSSR count). The van der Waals surface area contributed by atoms with Gasteiger partial charge in [0.25, 0.3) is 0 Å². The van der Waals surface area contributed by atoms with Gasteiger partial charge in [-0.05, 0) is 25.7 Å². The summed E-state index contributed by atoms with van der Waals surface area (Å²) in [6, 6.07) is 0. The predicted octanol–water partition coefficient (Wildman–Crippen LogP) is 3.21. The molecular formula is C13H24O2. The van der Waals surface area contributed by atoms with Crippen LogP contribution in [0.3, 0.4) is 0 Å². The summed E-state index contributed by atoms with van der Waals surface area (Å²) in [5.74, 6) is 1.92. The van der Waals surface area contributed by atoms with Crippen LogP contribution in [0.2, 0.25) is 0 Å². The van der Waals surface area contributed by atoms with Gasteiger partial charge in [-0.2, -0.15) is 0 Å². The number of rotatable bonds is 1. The van der Waals surface area contributed by atoms with Crippen molar-refractivity contribution in [3.63, 3.8) is 0 Å². The zero-order valence-electron chi connectivity index (χ0n) is 10.4. The van der Waals surface area contributed by atoms with Crippen LogP contribution in [0.15, 0.2) is 0 Å². The molecule has 2 heteroatoms. The molecule has 5 atom stereocenters. The van der Waals surface area contributed by atoms with E-state index in [1.807, 2.05) is 0 Å². The molecule has 1 aliphatic carbocycles. The third kappa shape index (κ3) is 2.36. The van der Waals surface area contributed by atoms with Gasteiger partial charge >= 0.3 is 0 Å². The van der Waals surface area contributed by atoms with E-state index in [1.165, 1.54) is 19.3 Å². The van der Waals surface area contributed by atoms with E-state index in [2.05, 4.69) is 27.7 Å². The normalized spacial score (nSPS) is 46.6. The standard InChI is InChI=1S/C13H24O2/c1-8(2)13-14-10(4)11-6-5-9(3)7-12(11)15-13/h8-13H,5-7H2,1-4H3/t9-,10?,11?,12?,13?/m1/s1. The maximum absolute atomic E-state index is 6.07. The van der Waals surface area contributed by atoms with E-state index < -0.39 is 0 Å². The summed E-state index contributed by atoms with van der Waals surface area (Å²) in [5.41, 5.74) is 0. The van der Waals surface area contributed by atoms with Gasteiger partial charge in [-0.25, -0.2) is 0 Å². The minimum atomic E-state index is 0.0200. The zero-order chi connectivity index (χ0) is 11.0. The first-order valence-corrected chi connectivity index (χ1v) is 6.39. The lowest BCUT2D eigenvalue weighted by atomic mass is 9.77. The molecule has 0 bridgehead atoms. The van der Waals surface area contributed by atoms with E-state index in [0.717, 1.165) is 5.92 Å². The zero-order valence-corrected chi connectivity index (χ0v) is 10.4. The highest BCUT2D eigenvalue weighted by Gasteiger charge is 2.40. The molecule has 0 amide bonds. The van der Waals surface area contributed by atoms with E-state index in [1.54, 1.807) is 0 Å². The minimum Gasteiger partial charge on any atom is -0.349 e. The number of fused-ring (bicyclic) bond motifs is 1. The van der Waals surface area contributed by atoms with Crippen molar-refractivity contribution in [3.8, 4) is 0 Å². The van der Waals surface area contributed by atoms with E-state index >= 15 is 0 Å². The van der Waals surface area contributed by atoms with Gasteiger partial charge in [-0.1, -0.05) is 27.2 Å². The molecule has 15 heavy (non-hydrogen) atoms. The Morgan fingerprint density at radius 2 is 1.80 bits per heavy atom. The lowest BCUT2D eigenvalue weighted by Crippen LogP contribution is -2.49. The van der Waals surface area contributed by atoms with Gasteiger partial charge in [0.15, 0.2) is 6.29 Å². The predicted molar refractivity (Wildman–Crippen MR) is 60.6 cm³/mol. The van der Waals surface area contributed by atoms with E-state index in [4.69, 9.17) is 9.47 Å². The van der Waals surface area contributed by atoms with Crippen LogP contribution in [0.4, 0.5) is 0 Å². The van der Waals surface area contributed by atoms with Gasteiger partial charge in [0, 0.05) is 11.8 Å². The SMILES string of the molecule is CC(C)C1OC(C)C2CC[C@@H](C)CC2O1. The van der Waals surface area contributed by atoms with E-state index in [0.29, 0.717) is 24.0 Å². The Kier molecular flexibility index (Phi) is 3.36. The molecule has 0 aromatic heterocycles. The third-order valence-electron chi connectivity index (χ3n) is 3.91. The summed E-state index contributed by atoms with van der Waals surface area (Å²) < 4.78 is 12.0. The molecule has 2 nitrogen and oxygen atoms in total. The first kappa shape index (κ1) is 11.4. The van der Waals surface area contributed by atoms with Crippen molar-refractivity contribution in [2.45, 2.75) is 65.5 Å². The maximum atomic E-state index is 6.07. The van der Waals surface area contributed by atoms with Crippen LogP contribution < -0.4 is 0 Å². The average molecular weight is 212 g/mol. The number of ether oxygens (including phenoxy) is 2. The molecule has 0 N–H and O–H groups in total. The Balaban J connectivity index is 2.02. The number of hydrogen-bond acceptors (Lipinski definition) is 2. The van der Waals surface area contributed by atoms with Crippen LogP contribution in [0.1, 0.15) is 47.0 Å². The molecule has 1 heterocycles. The Bertz CT molecular complexity index is 215. The van der Waals surface area contributed by atoms with Crippen molar-refractivity contribution < 1.29 is 9.47 Å². The first-order chi connectivity index (χ1) is 7.08. The largest absolute Gasteiger partial charge is 0.349 e. The van der Waals surface area contributed by atoms with E-state index in [-0.39, 0.29) is 6.29 Å². The second kappa shape index (κ2) is 4.42. The first-order valence-electron chi connectivity index (χ1n) is 6.39. The van der Waals surface area contributed by atoms with Crippen molar-refractivity contribution in [3.05, 3.63) is 0 Å². The number of hydrogen-bond donors (Lipinski definition) is 0. The van der Waals surface area contributed by atoms with Gasteiger partial charge in [0.2, 0.25) is 0 Å². The molecular weight excluding hydrogens is 188 g/mol. The van der Waals surface area contributed by atoms with Gasteiger partial charge in [-0.15, -0.1) is 0 Å². The lowest BCUT2D eigenvalue weighted by molar-refractivity contribution is -0.288. The molecule has 2 aliphatic rings. The summed E-state index contributed by atoms with van der Waals surface area (Å²) in [4.78, 5) is 0. The van der Waals surface area contributed by atoms with Crippen molar-refractivity contribution in [2.24, 2.45) is 17.8 Å². The topological polar surface area (TPSA) is 18.5 Å². The second-order valence-corrected chi connectivity index (χ2v) is 5.71. The fourth-order valence-electron chi connectivity index (χ4n) is 2.88. The fraction of sp³-hybridized carbons (Fsp3) is 1.00. The molecule has 4 unspecified atom stereocenters. The Hall–Kier alpha value is -0.0800. The maximum Gasteiger partial charge on any atom is 0.160 e. The molecule has 2 fully saturated rings. The second-order valence-electron chi connectivity index (χ2n) is 5.71. The monoisotopic (exact) mass is 212 g/mol. The molecule has 1 saturated heterocycles. The minimum absolute atomic E-state index is 0.0200. The van der Waals surface area contributed by atoms with Crippen molar-refractivity contribution in [1.82, 2.24) is 0 Å². The van der Waals surface area contributed by atoms with Crippen LogP contribution in [0.5, 0.6) is 0 Å². The molecule has 0 spiro atoms. The quantitative estimate of drug-likeness (QED) is 0.664. The van der Waals surface area contributed by atoms with Gasteiger partial charge in [0.1, 0.15) is 0 Å². The Labute approximate surface area is 93.3 Å².